The van der Waals surface area contributed by atoms with Crippen LogP contribution in [-0.4, -0.2) is 41.0 Å². The van der Waals surface area contributed by atoms with Crippen molar-refractivity contribution >= 4 is 17.6 Å². The van der Waals surface area contributed by atoms with E-state index in [9.17, 15) is 9.59 Å². The van der Waals surface area contributed by atoms with Gasteiger partial charge in [0, 0.05) is 24.0 Å². The number of anilines is 1. The predicted octanol–water partition coefficient (Wildman–Crippen LogP) is 0.874. The Bertz CT molecular complexity index is 641. The highest BCUT2D eigenvalue weighted by Gasteiger charge is 2.33. The second-order valence-corrected chi connectivity index (χ2v) is 5.15. The van der Waals surface area contributed by atoms with Gasteiger partial charge in [-0.25, -0.2) is 9.78 Å². The van der Waals surface area contributed by atoms with Crippen molar-refractivity contribution in [2.24, 2.45) is 5.73 Å². The molecule has 1 amide bonds. The third-order valence-corrected chi connectivity index (χ3v) is 3.41. The van der Waals surface area contributed by atoms with Gasteiger partial charge in [-0.1, -0.05) is 18.2 Å². The molecule has 1 aromatic carbocycles. The summed E-state index contributed by atoms with van der Waals surface area (Å²) in [6.45, 7) is 1.59. The minimum Gasteiger partial charge on any atom is -0.467 e. The highest BCUT2D eigenvalue weighted by atomic mass is 16.5. The first-order chi connectivity index (χ1) is 11.0. The number of nitrogens with one attached hydrogen (secondary N) is 1. The van der Waals surface area contributed by atoms with Crippen molar-refractivity contribution in [1.29, 1.82) is 0 Å². The molecule has 0 saturated carbocycles. The molecule has 2 rings (SSSR count). The number of rotatable bonds is 6. The average Bonchev–Trinajstić information content (AvgIpc) is 3.07. The van der Waals surface area contributed by atoms with Crippen molar-refractivity contribution in [2.75, 3.05) is 12.0 Å². The first-order valence-corrected chi connectivity index (χ1v) is 7.23. The van der Waals surface area contributed by atoms with E-state index in [1.807, 2.05) is 6.07 Å². The Hall–Kier alpha value is -2.67. The van der Waals surface area contributed by atoms with Gasteiger partial charge >= 0.3 is 5.97 Å². The number of esters is 1. The fourth-order valence-corrected chi connectivity index (χ4v) is 2.29. The lowest BCUT2D eigenvalue weighted by Gasteiger charge is -2.31. The Balaban J connectivity index is 2.42. The summed E-state index contributed by atoms with van der Waals surface area (Å²) in [6.07, 6.45) is 3.37. The van der Waals surface area contributed by atoms with Gasteiger partial charge < -0.3 is 15.5 Å². The van der Waals surface area contributed by atoms with E-state index in [0.717, 1.165) is 5.69 Å². The molecule has 7 heteroatoms. The van der Waals surface area contributed by atoms with Crippen LogP contribution in [0.4, 0.5) is 5.69 Å². The number of methoxy groups -OCH3 is 1. The zero-order valence-corrected chi connectivity index (χ0v) is 13.1. The van der Waals surface area contributed by atoms with E-state index in [2.05, 4.69) is 9.97 Å². The maximum atomic E-state index is 12.6. The lowest BCUT2D eigenvalue weighted by Crippen LogP contribution is -2.52. The highest BCUT2D eigenvalue weighted by Crippen LogP contribution is 2.20. The molecule has 1 heterocycles. The molecule has 0 aliphatic rings. The van der Waals surface area contributed by atoms with Crippen molar-refractivity contribution in [3.63, 3.8) is 0 Å². The van der Waals surface area contributed by atoms with Gasteiger partial charge in [-0.2, -0.15) is 0 Å². The van der Waals surface area contributed by atoms with E-state index in [1.165, 1.54) is 18.3 Å². The number of aromatic nitrogens is 2. The van der Waals surface area contributed by atoms with Gasteiger partial charge in [0.2, 0.25) is 5.91 Å². The summed E-state index contributed by atoms with van der Waals surface area (Å²) in [6, 6.07) is 7.35. The molecule has 122 valence electrons. The maximum absolute atomic E-state index is 12.6. The number of benzene rings is 1. The quantitative estimate of drug-likeness (QED) is 0.770. The van der Waals surface area contributed by atoms with Crippen LogP contribution in [0.5, 0.6) is 0 Å². The van der Waals surface area contributed by atoms with E-state index in [0.29, 0.717) is 5.69 Å². The van der Waals surface area contributed by atoms with Gasteiger partial charge in [0.1, 0.15) is 6.04 Å². The molecule has 0 radical (unpaired) electrons. The van der Waals surface area contributed by atoms with Crippen LogP contribution in [0.15, 0.2) is 42.9 Å². The van der Waals surface area contributed by atoms with Crippen LogP contribution in [0.3, 0.4) is 0 Å². The van der Waals surface area contributed by atoms with Gasteiger partial charge in [-0.3, -0.25) is 9.69 Å². The van der Waals surface area contributed by atoms with Gasteiger partial charge in [-0.05, 0) is 19.1 Å². The summed E-state index contributed by atoms with van der Waals surface area (Å²) < 4.78 is 4.89. The van der Waals surface area contributed by atoms with Crippen LogP contribution in [0.2, 0.25) is 0 Å². The normalized spacial score (nSPS) is 13.2. The minimum atomic E-state index is -0.832. The summed E-state index contributed by atoms with van der Waals surface area (Å²) in [4.78, 5) is 33.1. The molecule has 2 atom stereocenters. The lowest BCUT2D eigenvalue weighted by atomic mass is 10.1. The molecular formula is C16H20N4O3. The molecule has 0 bridgehead atoms. The molecule has 0 saturated heterocycles. The molecule has 1 aromatic heterocycles. The minimum absolute atomic E-state index is 0.250. The second kappa shape index (κ2) is 7.55. The predicted molar refractivity (Wildman–Crippen MR) is 85.7 cm³/mol. The Morgan fingerprint density at radius 3 is 2.57 bits per heavy atom. The summed E-state index contributed by atoms with van der Waals surface area (Å²) in [7, 11) is 1.29. The Kier molecular flexibility index (Phi) is 5.48. The molecule has 7 nitrogen and oxygen atoms in total. The molecule has 2 aromatic rings. The lowest BCUT2D eigenvalue weighted by molar-refractivity contribution is -0.143. The average molecular weight is 316 g/mol. The third-order valence-electron chi connectivity index (χ3n) is 3.41. The van der Waals surface area contributed by atoms with E-state index < -0.39 is 18.1 Å². The SMILES string of the molecule is COC(=O)[C@H](Cc1cnc[nH]1)N(C(=O)C(C)N)c1ccccc1. The topological polar surface area (TPSA) is 101 Å². The Morgan fingerprint density at radius 2 is 2.04 bits per heavy atom. The first kappa shape index (κ1) is 16.7. The number of nitrogens with zero attached hydrogens (tertiary/aromatic N) is 2. The van der Waals surface area contributed by atoms with Crippen LogP contribution in [0.1, 0.15) is 12.6 Å². The van der Waals surface area contributed by atoms with Crippen molar-refractivity contribution < 1.29 is 14.3 Å². The number of nitrogens with two attached hydrogens (primary N) is 1. The number of aromatic amines is 1. The summed E-state index contributed by atoms with van der Waals surface area (Å²) in [5.41, 5.74) is 7.07. The fourth-order valence-electron chi connectivity index (χ4n) is 2.29. The number of imidazole rings is 1. The van der Waals surface area contributed by atoms with Gasteiger partial charge in [0.25, 0.3) is 0 Å². The van der Waals surface area contributed by atoms with E-state index in [-0.39, 0.29) is 12.3 Å². The van der Waals surface area contributed by atoms with Crippen LogP contribution in [-0.2, 0) is 20.7 Å². The van der Waals surface area contributed by atoms with Gasteiger partial charge in [-0.15, -0.1) is 0 Å². The number of carbonyl (C=O) groups excluding carboxylic acids is 2. The van der Waals surface area contributed by atoms with Crippen molar-refractivity contribution in [3.8, 4) is 0 Å². The number of hydrogen-bond donors (Lipinski definition) is 2. The fraction of sp³-hybridized carbons (Fsp3) is 0.312. The van der Waals surface area contributed by atoms with Crippen molar-refractivity contribution in [1.82, 2.24) is 9.97 Å². The number of amides is 1. The van der Waals surface area contributed by atoms with Gasteiger partial charge in [0.05, 0.1) is 19.5 Å². The molecule has 1 unspecified atom stereocenters. The number of para-hydroxylation sites is 1. The third kappa shape index (κ3) is 3.95. The first-order valence-electron chi connectivity index (χ1n) is 7.23. The Morgan fingerprint density at radius 1 is 1.35 bits per heavy atom. The molecule has 23 heavy (non-hydrogen) atoms. The van der Waals surface area contributed by atoms with Crippen LogP contribution < -0.4 is 10.6 Å². The van der Waals surface area contributed by atoms with Crippen LogP contribution in [0.25, 0.3) is 0 Å². The number of carbonyl (C=O) groups is 2. The summed E-state index contributed by atoms with van der Waals surface area (Å²) in [5, 5.41) is 0. The standard InChI is InChI=1S/C16H20N4O3/c1-11(17)15(21)20(13-6-4-3-5-7-13)14(16(22)23-2)8-12-9-18-10-19-12/h3-7,9-11,14H,8,17H2,1-2H3,(H,18,19)/t11?,14-/m0/s1. The smallest absolute Gasteiger partial charge is 0.329 e. The number of H-pyrrole nitrogens is 1. The monoisotopic (exact) mass is 316 g/mol. The second-order valence-electron chi connectivity index (χ2n) is 5.15. The molecule has 0 fully saturated rings. The molecule has 0 aliphatic heterocycles. The summed E-state index contributed by atoms with van der Waals surface area (Å²) in [5.74, 6) is -0.872. The van der Waals surface area contributed by atoms with E-state index in [1.54, 1.807) is 37.4 Å². The molecule has 0 spiro atoms. The number of ether oxygens (including phenoxy) is 1. The zero-order valence-electron chi connectivity index (χ0n) is 13.1. The van der Waals surface area contributed by atoms with Crippen molar-refractivity contribution in [3.05, 3.63) is 48.5 Å². The van der Waals surface area contributed by atoms with Crippen LogP contribution >= 0.6 is 0 Å². The molecule has 0 aliphatic carbocycles. The zero-order chi connectivity index (χ0) is 16.8. The van der Waals surface area contributed by atoms with Crippen LogP contribution in [0, 0.1) is 0 Å². The van der Waals surface area contributed by atoms with E-state index >= 15 is 0 Å². The molecular weight excluding hydrogens is 296 g/mol. The van der Waals surface area contributed by atoms with E-state index in [4.69, 9.17) is 10.5 Å². The molecule has 3 N–H and O–H groups in total. The van der Waals surface area contributed by atoms with Crippen molar-refractivity contribution in [2.45, 2.75) is 25.4 Å². The maximum Gasteiger partial charge on any atom is 0.329 e. The summed E-state index contributed by atoms with van der Waals surface area (Å²) >= 11 is 0. The van der Waals surface area contributed by atoms with Gasteiger partial charge in [0.15, 0.2) is 0 Å². The largest absolute Gasteiger partial charge is 0.467 e. The Labute approximate surface area is 134 Å². The highest BCUT2D eigenvalue weighted by molar-refractivity contribution is 6.02. The number of hydrogen-bond acceptors (Lipinski definition) is 5.